The van der Waals surface area contributed by atoms with Crippen molar-refractivity contribution in [3.05, 3.63) is 46.0 Å². The van der Waals surface area contributed by atoms with E-state index in [9.17, 15) is 19.8 Å². The van der Waals surface area contributed by atoms with Gasteiger partial charge in [0.15, 0.2) is 5.78 Å². The van der Waals surface area contributed by atoms with Gasteiger partial charge in [-0.05, 0) is 80.9 Å². The average Bonchev–Trinajstić information content (AvgIpc) is 2.97. The van der Waals surface area contributed by atoms with Crippen LogP contribution in [0.15, 0.2) is 39.3 Å². The second-order valence-corrected chi connectivity index (χ2v) is 10.2. The zero-order valence-corrected chi connectivity index (χ0v) is 17.2. The minimum Gasteiger partial charge on any atom is -0.431 e. The molecular weight excluding hydrogens is 368 g/mol. The predicted molar refractivity (Wildman–Crippen MR) is 107 cm³/mol. The zero-order valence-electron chi connectivity index (χ0n) is 17.2. The lowest BCUT2D eigenvalue weighted by Crippen LogP contribution is -2.61. The van der Waals surface area contributed by atoms with Gasteiger partial charge in [-0.15, -0.1) is 0 Å². The van der Waals surface area contributed by atoms with Crippen LogP contribution in [0.5, 0.6) is 0 Å². The first-order valence-corrected chi connectivity index (χ1v) is 11.0. The van der Waals surface area contributed by atoms with Crippen molar-refractivity contribution in [2.24, 2.45) is 22.7 Å². The summed E-state index contributed by atoms with van der Waals surface area (Å²) >= 11 is 0. The standard InChI is InChI=1S/C24H30O5/c1-22-9-7-16(25)11-15(22)4-5-18-19(22)12-20(26)23(2)17(8-10-24(18,23)28)14-3-6-21(27)29-13-14/h3,6,12-13,15-18,25,28H,4-5,7-11H2,1-2H3. The fourth-order valence-electron chi connectivity index (χ4n) is 7.37. The summed E-state index contributed by atoms with van der Waals surface area (Å²) in [6.07, 6.45) is 8.57. The molecule has 5 nitrogen and oxygen atoms in total. The molecule has 4 aliphatic rings. The molecule has 3 fully saturated rings. The van der Waals surface area contributed by atoms with Crippen LogP contribution in [-0.2, 0) is 4.79 Å². The van der Waals surface area contributed by atoms with Crippen molar-refractivity contribution in [1.82, 2.24) is 0 Å². The number of rotatable bonds is 1. The largest absolute Gasteiger partial charge is 0.431 e. The molecule has 156 valence electrons. The number of allylic oxidation sites excluding steroid dienone is 1. The van der Waals surface area contributed by atoms with E-state index < -0.39 is 16.6 Å². The fraction of sp³-hybridized carbons (Fsp3) is 0.667. The molecule has 0 aromatic carbocycles. The highest BCUT2D eigenvalue weighted by molar-refractivity contribution is 5.99. The number of aliphatic hydroxyl groups is 2. The van der Waals surface area contributed by atoms with E-state index in [4.69, 9.17) is 4.42 Å². The maximum Gasteiger partial charge on any atom is 0.335 e. The molecular formula is C24H30O5. The van der Waals surface area contributed by atoms with Crippen LogP contribution in [0, 0.1) is 22.7 Å². The van der Waals surface area contributed by atoms with Crippen molar-refractivity contribution in [2.75, 3.05) is 0 Å². The molecule has 7 unspecified atom stereocenters. The smallest absolute Gasteiger partial charge is 0.335 e. The van der Waals surface area contributed by atoms with E-state index in [-0.39, 0.29) is 29.1 Å². The second kappa shape index (κ2) is 6.14. The number of ketones is 1. The first-order chi connectivity index (χ1) is 13.7. The highest BCUT2D eigenvalue weighted by Crippen LogP contribution is 2.67. The van der Waals surface area contributed by atoms with Crippen LogP contribution < -0.4 is 5.63 Å². The number of aliphatic hydroxyl groups excluding tert-OH is 1. The Morgan fingerprint density at radius 3 is 2.55 bits per heavy atom. The van der Waals surface area contributed by atoms with Gasteiger partial charge in [0.1, 0.15) is 0 Å². The molecule has 0 radical (unpaired) electrons. The minimum atomic E-state index is -1.08. The molecule has 1 aromatic rings. The average molecular weight is 398 g/mol. The van der Waals surface area contributed by atoms with Crippen LogP contribution in [0.4, 0.5) is 0 Å². The quantitative estimate of drug-likeness (QED) is 0.758. The highest BCUT2D eigenvalue weighted by Gasteiger charge is 2.68. The van der Waals surface area contributed by atoms with Gasteiger partial charge in [-0.3, -0.25) is 4.79 Å². The van der Waals surface area contributed by atoms with Gasteiger partial charge in [-0.1, -0.05) is 12.5 Å². The van der Waals surface area contributed by atoms with Crippen LogP contribution >= 0.6 is 0 Å². The van der Waals surface area contributed by atoms with Gasteiger partial charge in [0.25, 0.3) is 0 Å². The molecule has 5 heteroatoms. The number of fused-ring (bicyclic) bond motifs is 5. The Morgan fingerprint density at radius 1 is 1.03 bits per heavy atom. The Bertz CT molecular complexity index is 926. The minimum absolute atomic E-state index is 0.00653. The number of carbonyl (C=O) groups excluding carboxylic acids is 1. The molecule has 1 heterocycles. The second-order valence-electron chi connectivity index (χ2n) is 10.2. The molecule has 29 heavy (non-hydrogen) atoms. The van der Waals surface area contributed by atoms with E-state index in [1.807, 2.05) is 13.0 Å². The molecule has 0 saturated heterocycles. The van der Waals surface area contributed by atoms with Crippen LogP contribution in [0.25, 0.3) is 0 Å². The Kier molecular flexibility index (Phi) is 4.08. The SMILES string of the molecule is CC12CCC(O)CC1CCC1C2=CC(=O)C2(C)C(c3ccc(=O)oc3)CCC12O. The van der Waals surface area contributed by atoms with Crippen molar-refractivity contribution in [2.45, 2.75) is 76.4 Å². The van der Waals surface area contributed by atoms with Gasteiger partial charge in [0.2, 0.25) is 0 Å². The molecule has 0 spiro atoms. The summed E-state index contributed by atoms with van der Waals surface area (Å²) in [4.78, 5) is 25.0. The third-order valence-electron chi connectivity index (χ3n) is 9.20. The number of hydrogen-bond donors (Lipinski definition) is 2. The van der Waals surface area contributed by atoms with Crippen LogP contribution in [-0.4, -0.2) is 27.7 Å². The third-order valence-corrected chi connectivity index (χ3v) is 9.20. The summed E-state index contributed by atoms with van der Waals surface area (Å²) in [5, 5.41) is 22.2. The first kappa shape index (κ1) is 19.3. The molecule has 7 atom stereocenters. The lowest BCUT2D eigenvalue weighted by molar-refractivity contribution is -0.155. The van der Waals surface area contributed by atoms with Crippen molar-refractivity contribution in [3.63, 3.8) is 0 Å². The Balaban J connectivity index is 1.59. The van der Waals surface area contributed by atoms with E-state index in [0.29, 0.717) is 18.8 Å². The van der Waals surface area contributed by atoms with Gasteiger partial charge in [0, 0.05) is 17.9 Å². The van der Waals surface area contributed by atoms with Crippen molar-refractivity contribution in [1.29, 1.82) is 0 Å². The molecule has 0 bridgehead atoms. The number of carbonyl (C=O) groups is 1. The van der Waals surface area contributed by atoms with Gasteiger partial charge in [-0.25, -0.2) is 4.79 Å². The van der Waals surface area contributed by atoms with E-state index in [1.165, 1.54) is 12.3 Å². The van der Waals surface area contributed by atoms with E-state index in [0.717, 1.165) is 43.2 Å². The van der Waals surface area contributed by atoms with Crippen LogP contribution in [0.1, 0.15) is 70.3 Å². The van der Waals surface area contributed by atoms with Crippen molar-refractivity contribution < 1.29 is 19.4 Å². The molecule has 3 saturated carbocycles. The number of hydrogen-bond acceptors (Lipinski definition) is 5. The molecule has 0 aliphatic heterocycles. The summed E-state index contributed by atoms with van der Waals surface area (Å²) in [7, 11) is 0. The van der Waals surface area contributed by atoms with Crippen molar-refractivity contribution in [3.8, 4) is 0 Å². The predicted octanol–water partition coefficient (Wildman–Crippen LogP) is 3.34. The van der Waals surface area contributed by atoms with Crippen molar-refractivity contribution >= 4 is 5.78 Å². The summed E-state index contributed by atoms with van der Waals surface area (Å²) in [6.45, 7) is 4.14. The van der Waals surface area contributed by atoms with E-state index >= 15 is 0 Å². The molecule has 5 rings (SSSR count). The molecule has 2 N–H and O–H groups in total. The third kappa shape index (κ3) is 2.40. The fourth-order valence-corrected chi connectivity index (χ4v) is 7.37. The van der Waals surface area contributed by atoms with Gasteiger partial charge in [-0.2, -0.15) is 0 Å². The summed E-state index contributed by atoms with van der Waals surface area (Å²) in [5.41, 5.74) is -0.598. The maximum atomic E-state index is 13.6. The van der Waals surface area contributed by atoms with Crippen LogP contribution in [0.2, 0.25) is 0 Å². The zero-order chi connectivity index (χ0) is 20.6. The van der Waals surface area contributed by atoms with Crippen LogP contribution in [0.3, 0.4) is 0 Å². The lowest BCUT2D eigenvalue weighted by atomic mass is 9.47. The monoisotopic (exact) mass is 398 g/mol. The van der Waals surface area contributed by atoms with Gasteiger partial charge >= 0.3 is 5.63 Å². The summed E-state index contributed by atoms with van der Waals surface area (Å²) in [6, 6.07) is 3.13. The van der Waals surface area contributed by atoms with E-state index in [1.54, 1.807) is 6.07 Å². The Hall–Kier alpha value is -1.72. The first-order valence-electron chi connectivity index (χ1n) is 11.0. The van der Waals surface area contributed by atoms with Gasteiger partial charge < -0.3 is 14.6 Å². The molecule has 4 aliphatic carbocycles. The van der Waals surface area contributed by atoms with Gasteiger partial charge in [0.05, 0.1) is 23.4 Å². The molecule has 1 aromatic heterocycles. The van der Waals surface area contributed by atoms with E-state index in [2.05, 4.69) is 6.92 Å². The highest BCUT2D eigenvalue weighted by atomic mass is 16.4. The Labute approximate surface area is 170 Å². The summed E-state index contributed by atoms with van der Waals surface area (Å²) < 4.78 is 5.08. The summed E-state index contributed by atoms with van der Waals surface area (Å²) in [5.74, 6) is 0.173. The topological polar surface area (TPSA) is 87.7 Å². The molecule has 0 amide bonds. The lowest BCUT2D eigenvalue weighted by Gasteiger charge is -2.58. The Morgan fingerprint density at radius 2 is 1.83 bits per heavy atom. The maximum absolute atomic E-state index is 13.6. The normalized spacial score (nSPS) is 46.5.